The van der Waals surface area contributed by atoms with Crippen LogP contribution in [0.2, 0.25) is 0 Å². The van der Waals surface area contributed by atoms with Gasteiger partial charge >= 0.3 is 0 Å². The summed E-state index contributed by atoms with van der Waals surface area (Å²) in [5, 5.41) is 0.374. The molecular formula is C15H20OS. The van der Waals surface area contributed by atoms with Gasteiger partial charge in [0.25, 0.3) is 0 Å². The van der Waals surface area contributed by atoms with Gasteiger partial charge in [0, 0.05) is 10.1 Å². The number of rotatable bonds is 5. The third-order valence-electron chi connectivity index (χ3n) is 2.57. The number of allylic oxidation sites excluding steroid dienone is 1. The number of ketones is 1. The molecule has 1 unspecified atom stereocenters. The van der Waals surface area contributed by atoms with E-state index in [1.807, 2.05) is 17.8 Å². The summed E-state index contributed by atoms with van der Waals surface area (Å²) in [6, 6.07) is 6.50. The third kappa shape index (κ3) is 4.78. The summed E-state index contributed by atoms with van der Waals surface area (Å²) in [7, 11) is 0. The maximum atomic E-state index is 10.9. The van der Waals surface area contributed by atoms with E-state index in [-0.39, 0.29) is 5.78 Å². The van der Waals surface area contributed by atoms with E-state index >= 15 is 0 Å². The van der Waals surface area contributed by atoms with Gasteiger partial charge in [-0.3, -0.25) is 4.79 Å². The molecule has 1 rings (SSSR count). The Morgan fingerprint density at radius 3 is 2.71 bits per heavy atom. The van der Waals surface area contributed by atoms with Crippen molar-refractivity contribution in [1.82, 2.24) is 0 Å². The van der Waals surface area contributed by atoms with Crippen molar-refractivity contribution in [2.45, 2.75) is 44.3 Å². The Kier molecular flexibility index (Phi) is 5.49. The van der Waals surface area contributed by atoms with Crippen molar-refractivity contribution in [1.29, 1.82) is 0 Å². The van der Waals surface area contributed by atoms with E-state index in [1.54, 1.807) is 13.0 Å². The molecule has 1 atom stereocenters. The predicted molar refractivity (Wildman–Crippen MR) is 75.7 cm³/mol. The molecule has 0 saturated heterocycles. The monoisotopic (exact) mass is 248 g/mol. The standard InChI is InChI=1S/C15H20OS/c1-5-14(9-8-13(4)16)17-15-10-11(2)6-7-12(15)3/h6-10,14H,5H2,1-4H3. The maximum absolute atomic E-state index is 10.9. The number of carbonyl (C=O) groups is 1. The van der Waals surface area contributed by atoms with E-state index in [4.69, 9.17) is 0 Å². The molecule has 1 aromatic rings. The predicted octanol–water partition coefficient (Wildman–Crippen LogP) is 4.32. The molecule has 0 N–H and O–H groups in total. The van der Waals surface area contributed by atoms with Crippen molar-refractivity contribution in [3.05, 3.63) is 41.5 Å². The molecule has 2 heteroatoms. The fraction of sp³-hybridized carbons (Fsp3) is 0.400. The largest absolute Gasteiger partial charge is 0.295 e. The van der Waals surface area contributed by atoms with E-state index in [0.29, 0.717) is 5.25 Å². The highest BCUT2D eigenvalue weighted by atomic mass is 32.2. The van der Waals surface area contributed by atoms with Crippen LogP contribution in [0.25, 0.3) is 0 Å². The van der Waals surface area contributed by atoms with Gasteiger partial charge in [0.15, 0.2) is 5.78 Å². The molecule has 1 nitrogen and oxygen atoms in total. The minimum Gasteiger partial charge on any atom is -0.295 e. The first-order chi connectivity index (χ1) is 8.02. The van der Waals surface area contributed by atoms with Crippen LogP contribution in [-0.2, 0) is 4.79 Å². The first-order valence-corrected chi connectivity index (χ1v) is 6.83. The summed E-state index contributed by atoms with van der Waals surface area (Å²) in [6.07, 6.45) is 4.71. The van der Waals surface area contributed by atoms with Crippen molar-refractivity contribution in [2.75, 3.05) is 0 Å². The van der Waals surface area contributed by atoms with Crippen LogP contribution in [0.15, 0.2) is 35.2 Å². The van der Waals surface area contributed by atoms with Gasteiger partial charge in [-0.2, -0.15) is 0 Å². The highest BCUT2D eigenvalue weighted by Gasteiger charge is 2.07. The molecule has 0 aromatic heterocycles. The second-order valence-corrected chi connectivity index (χ2v) is 5.58. The highest BCUT2D eigenvalue weighted by molar-refractivity contribution is 8.00. The first-order valence-electron chi connectivity index (χ1n) is 5.95. The van der Waals surface area contributed by atoms with E-state index in [0.717, 1.165) is 6.42 Å². The molecule has 0 spiro atoms. The molecule has 92 valence electrons. The summed E-state index contributed by atoms with van der Waals surface area (Å²) >= 11 is 1.83. The minimum atomic E-state index is 0.116. The lowest BCUT2D eigenvalue weighted by atomic mass is 10.2. The summed E-state index contributed by atoms with van der Waals surface area (Å²) < 4.78 is 0. The number of thioether (sulfide) groups is 1. The summed E-state index contributed by atoms with van der Waals surface area (Å²) in [4.78, 5) is 12.3. The molecule has 17 heavy (non-hydrogen) atoms. The Morgan fingerprint density at radius 2 is 2.12 bits per heavy atom. The van der Waals surface area contributed by atoms with Gasteiger partial charge in [-0.25, -0.2) is 0 Å². The van der Waals surface area contributed by atoms with Crippen LogP contribution in [0.3, 0.4) is 0 Å². The van der Waals surface area contributed by atoms with Gasteiger partial charge in [-0.1, -0.05) is 30.7 Å². The molecule has 0 radical (unpaired) electrons. The molecule has 0 aliphatic rings. The van der Waals surface area contributed by atoms with Crippen LogP contribution < -0.4 is 0 Å². The molecule has 0 amide bonds. The number of hydrogen-bond donors (Lipinski definition) is 0. The topological polar surface area (TPSA) is 17.1 Å². The second kappa shape index (κ2) is 6.65. The molecule has 0 aliphatic carbocycles. The summed E-state index contributed by atoms with van der Waals surface area (Å²) in [5.74, 6) is 0.116. The summed E-state index contributed by atoms with van der Waals surface area (Å²) in [5.41, 5.74) is 2.58. The van der Waals surface area contributed by atoms with Crippen molar-refractivity contribution < 1.29 is 4.79 Å². The number of benzene rings is 1. The second-order valence-electron chi connectivity index (χ2n) is 4.30. The van der Waals surface area contributed by atoms with Crippen molar-refractivity contribution in [3.8, 4) is 0 Å². The Balaban J connectivity index is 2.80. The van der Waals surface area contributed by atoms with Gasteiger partial charge in [-0.15, -0.1) is 11.8 Å². The molecule has 0 saturated carbocycles. The van der Waals surface area contributed by atoms with Gasteiger partial charge in [0.2, 0.25) is 0 Å². The van der Waals surface area contributed by atoms with Crippen molar-refractivity contribution >= 4 is 17.5 Å². The van der Waals surface area contributed by atoms with E-state index < -0.39 is 0 Å². The van der Waals surface area contributed by atoms with E-state index in [9.17, 15) is 4.79 Å². The van der Waals surface area contributed by atoms with Gasteiger partial charge in [0.1, 0.15) is 0 Å². The average molecular weight is 248 g/mol. The number of hydrogen-bond acceptors (Lipinski definition) is 2. The minimum absolute atomic E-state index is 0.116. The molecular weight excluding hydrogens is 228 g/mol. The Hall–Kier alpha value is -1.02. The van der Waals surface area contributed by atoms with Gasteiger partial charge in [0.05, 0.1) is 0 Å². The van der Waals surface area contributed by atoms with Crippen molar-refractivity contribution in [3.63, 3.8) is 0 Å². The van der Waals surface area contributed by atoms with Crippen LogP contribution in [0, 0.1) is 13.8 Å². The molecule has 0 fully saturated rings. The Bertz CT molecular complexity index is 421. The van der Waals surface area contributed by atoms with E-state index in [1.165, 1.54) is 16.0 Å². The van der Waals surface area contributed by atoms with E-state index in [2.05, 4.69) is 39.0 Å². The van der Waals surface area contributed by atoms with Crippen LogP contribution in [0.5, 0.6) is 0 Å². The van der Waals surface area contributed by atoms with Gasteiger partial charge in [-0.05, 0) is 44.9 Å². The van der Waals surface area contributed by atoms with Gasteiger partial charge < -0.3 is 0 Å². The third-order valence-corrected chi connectivity index (χ3v) is 4.06. The zero-order chi connectivity index (χ0) is 12.8. The van der Waals surface area contributed by atoms with Crippen LogP contribution in [-0.4, -0.2) is 11.0 Å². The van der Waals surface area contributed by atoms with Crippen LogP contribution in [0.4, 0.5) is 0 Å². The quantitative estimate of drug-likeness (QED) is 0.570. The average Bonchev–Trinajstić information content (AvgIpc) is 2.28. The maximum Gasteiger partial charge on any atom is 0.152 e. The Morgan fingerprint density at radius 1 is 1.41 bits per heavy atom. The SMILES string of the molecule is CCC(C=CC(C)=O)Sc1cc(C)ccc1C. The van der Waals surface area contributed by atoms with Crippen molar-refractivity contribution in [2.24, 2.45) is 0 Å². The fourth-order valence-corrected chi connectivity index (χ4v) is 2.66. The number of aryl methyl sites for hydroxylation is 2. The highest BCUT2D eigenvalue weighted by Crippen LogP contribution is 2.29. The zero-order valence-corrected chi connectivity index (χ0v) is 11.8. The lowest BCUT2D eigenvalue weighted by molar-refractivity contribution is -0.112. The lowest BCUT2D eigenvalue weighted by Crippen LogP contribution is -1.98. The fourth-order valence-electron chi connectivity index (χ4n) is 1.50. The number of carbonyl (C=O) groups excluding carboxylic acids is 1. The first kappa shape index (κ1) is 14.0. The lowest BCUT2D eigenvalue weighted by Gasteiger charge is -2.12. The summed E-state index contributed by atoms with van der Waals surface area (Å²) in [6.45, 7) is 7.97. The zero-order valence-electron chi connectivity index (χ0n) is 11.0. The van der Waals surface area contributed by atoms with Crippen LogP contribution >= 0.6 is 11.8 Å². The smallest absolute Gasteiger partial charge is 0.152 e. The Labute approximate surface area is 108 Å². The molecule has 0 aliphatic heterocycles. The van der Waals surface area contributed by atoms with Crippen LogP contribution in [0.1, 0.15) is 31.4 Å². The molecule has 0 heterocycles. The molecule has 0 bridgehead atoms. The normalized spacial score (nSPS) is 12.9. The molecule has 1 aromatic carbocycles.